The number of carbonyl (C=O) groups excluding carboxylic acids is 1. The molecule has 2 aliphatic heterocycles. The molecule has 0 aliphatic carbocycles. The molecule has 14 nitrogen and oxygen atoms in total. The highest BCUT2D eigenvalue weighted by atomic mass is 32.2. The molecule has 0 radical (unpaired) electrons. The van der Waals surface area contributed by atoms with Crippen molar-refractivity contribution in [2.24, 2.45) is 0 Å². The van der Waals surface area contributed by atoms with Crippen LogP contribution >= 0.6 is 0 Å². The Morgan fingerprint density at radius 3 is 1.49 bits per heavy atom. The van der Waals surface area contributed by atoms with Crippen molar-refractivity contribution < 1.29 is 52.8 Å². The van der Waals surface area contributed by atoms with Crippen LogP contribution in [0.2, 0.25) is 0 Å². The number of sulfonamides is 1. The lowest BCUT2D eigenvalue weighted by molar-refractivity contribution is -0.134. The molecule has 4 N–H and O–H groups in total. The van der Waals surface area contributed by atoms with E-state index in [1.165, 1.54) is 0 Å². The SMILES string of the molecule is CN1CCN(CC(=O)c2ccc(S(=O)(=O)N3CCCCC3)cc2)CC1.O=C(O)/C=C\C(=O)O.O=C(O)/C=C\C(=O)O. The molecule has 0 spiro atoms. The minimum absolute atomic E-state index is 0.0477. The standard InChI is InChI=1S/C18H27N3O3S.2C4H4O4/c1-19-11-13-20(14-12-19)15-18(22)16-5-7-17(8-6-16)25(23,24)21-9-3-2-4-10-21;2*5-3(6)1-2-4(7)8/h5-8H,2-4,9-15H2,1H3;2*1-2H,(H,5,6)(H,7,8)/b;2*2-1-. The van der Waals surface area contributed by atoms with Gasteiger partial charge in [-0.1, -0.05) is 18.6 Å². The predicted molar refractivity (Wildman–Crippen MR) is 146 cm³/mol. The molecule has 226 valence electrons. The van der Waals surface area contributed by atoms with Crippen LogP contribution in [0, 0.1) is 0 Å². The summed E-state index contributed by atoms with van der Waals surface area (Å²) in [6, 6.07) is 6.44. The summed E-state index contributed by atoms with van der Waals surface area (Å²) in [5.74, 6) is -4.98. The monoisotopic (exact) mass is 597 g/mol. The predicted octanol–water partition coefficient (Wildman–Crippen LogP) is 0.715. The minimum Gasteiger partial charge on any atom is -0.478 e. The van der Waals surface area contributed by atoms with Gasteiger partial charge < -0.3 is 25.3 Å². The van der Waals surface area contributed by atoms with Crippen molar-refractivity contribution in [3.05, 3.63) is 54.1 Å². The Hall–Kier alpha value is -3.92. The molecule has 15 heteroatoms. The number of piperazine rings is 1. The molecule has 0 atom stereocenters. The highest BCUT2D eigenvalue weighted by Crippen LogP contribution is 2.21. The van der Waals surface area contributed by atoms with E-state index in [1.807, 2.05) is 0 Å². The summed E-state index contributed by atoms with van der Waals surface area (Å²) < 4.78 is 26.8. The molecular weight excluding hydrogens is 562 g/mol. The molecule has 2 saturated heterocycles. The summed E-state index contributed by atoms with van der Waals surface area (Å²) >= 11 is 0. The minimum atomic E-state index is -3.43. The first-order valence-corrected chi connectivity index (χ1v) is 14.0. The molecule has 1 aromatic carbocycles. The summed E-state index contributed by atoms with van der Waals surface area (Å²) in [7, 11) is -1.35. The van der Waals surface area contributed by atoms with Crippen LogP contribution in [0.5, 0.6) is 0 Å². The molecule has 0 bridgehead atoms. The third-order valence-corrected chi connectivity index (χ3v) is 7.74. The maximum Gasteiger partial charge on any atom is 0.328 e. The van der Waals surface area contributed by atoms with E-state index in [-0.39, 0.29) is 10.7 Å². The first-order valence-electron chi connectivity index (χ1n) is 12.5. The number of piperidine rings is 1. The Morgan fingerprint density at radius 1 is 0.683 bits per heavy atom. The number of carboxylic acid groups (broad SMARTS) is 4. The van der Waals surface area contributed by atoms with E-state index in [2.05, 4.69) is 16.8 Å². The molecule has 0 unspecified atom stereocenters. The van der Waals surface area contributed by atoms with Crippen molar-refractivity contribution in [2.75, 3.05) is 52.9 Å². The number of carboxylic acids is 4. The van der Waals surface area contributed by atoms with E-state index in [4.69, 9.17) is 20.4 Å². The number of benzene rings is 1. The van der Waals surface area contributed by atoms with Gasteiger partial charge in [-0.05, 0) is 32.0 Å². The number of Topliss-reactive ketones (excluding diaryl/α,β-unsaturated/α-hetero) is 1. The van der Waals surface area contributed by atoms with Gasteiger partial charge in [0.15, 0.2) is 5.78 Å². The highest BCUT2D eigenvalue weighted by Gasteiger charge is 2.26. The van der Waals surface area contributed by atoms with E-state index in [1.54, 1.807) is 28.6 Å². The third-order valence-electron chi connectivity index (χ3n) is 5.83. The first-order chi connectivity index (χ1) is 19.2. The fraction of sp³-hybridized carbons (Fsp3) is 0.423. The van der Waals surface area contributed by atoms with Crippen LogP contribution in [0.15, 0.2) is 53.5 Å². The smallest absolute Gasteiger partial charge is 0.328 e. The lowest BCUT2D eigenvalue weighted by Gasteiger charge is -2.31. The normalized spacial score (nSPS) is 16.7. The fourth-order valence-corrected chi connectivity index (χ4v) is 5.17. The Morgan fingerprint density at radius 2 is 1.10 bits per heavy atom. The molecule has 2 heterocycles. The summed E-state index contributed by atoms with van der Waals surface area (Å²) in [5, 5.41) is 31.2. The average molecular weight is 598 g/mol. The number of ketones is 1. The van der Waals surface area contributed by atoms with Gasteiger partial charge in [-0.3, -0.25) is 9.69 Å². The molecule has 0 aromatic heterocycles. The van der Waals surface area contributed by atoms with Crippen LogP contribution in [-0.2, 0) is 29.2 Å². The van der Waals surface area contributed by atoms with Crippen molar-refractivity contribution in [1.82, 2.24) is 14.1 Å². The largest absolute Gasteiger partial charge is 0.478 e. The van der Waals surface area contributed by atoms with Crippen LogP contribution in [0.3, 0.4) is 0 Å². The number of rotatable bonds is 9. The lowest BCUT2D eigenvalue weighted by atomic mass is 10.1. The molecule has 2 fully saturated rings. The van der Waals surface area contributed by atoms with Crippen LogP contribution < -0.4 is 0 Å². The number of likely N-dealkylation sites (N-methyl/N-ethyl adjacent to an activating group) is 1. The second-order valence-electron chi connectivity index (χ2n) is 9.01. The Kier molecular flexibility index (Phi) is 15.2. The van der Waals surface area contributed by atoms with Crippen LogP contribution in [0.4, 0.5) is 0 Å². The van der Waals surface area contributed by atoms with Gasteiger partial charge in [-0.2, -0.15) is 4.31 Å². The van der Waals surface area contributed by atoms with Gasteiger partial charge in [0.25, 0.3) is 0 Å². The number of carbonyl (C=O) groups is 5. The summed E-state index contributed by atoms with van der Waals surface area (Å²) in [5.41, 5.74) is 0.580. The van der Waals surface area contributed by atoms with E-state index >= 15 is 0 Å². The molecule has 0 saturated carbocycles. The zero-order valence-corrected chi connectivity index (χ0v) is 23.4. The van der Waals surface area contributed by atoms with Crippen molar-refractivity contribution in [1.29, 1.82) is 0 Å². The van der Waals surface area contributed by atoms with E-state index in [9.17, 15) is 32.4 Å². The second-order valence-corrected chi connectivity index (χ2v) is 10.9. The molecule has 3 rings (SSSR count). The van der Waals surface area contributed by atoms with Crippen LogP contribution in [0.1, 0.15) is 29.6 Å². The first kappa shape index (κ1) is 35.1. The maximum absolute atomic E-state index is 12.6. The Balaban J connectivity index is 0.000000433. The Bertz CT molecular complexity index is 1150. The van der Waals surface area contributed by atoms with Gasteiger partial charge >= 0.3 is 23.9 Å². The fourth-order valence-electron chi connectivity index (χ4n) is 3.65. The molecule has 41 heavy (non-hydrogen) atoms. The number of hydrogen-bond acceptors (Lipinski definition) is 9. The van der Waals surface area contributed by atoms with E-state index < -0.39 is 33.9 Å². The topological polar surface area (TPSA) is 210 Å². The van der Waals surface area contributed by atoms with Crippen molar-refractivity contribution in [3.8, 4) is 0 Å². The number of hydrogen-bond donors (Lipinski definition) is 4. The summed E-state index contributed by atoms with van der Waals surface area (Å²) in [6.45, 7) is 5.30. The molecule has 1 aromatic rings. The van der Waals surface area contributed by atoms with Crippen molar-refractivity contribution in [3.63, 3.8) is 0 Å². The highest BCUT2D eigenvalue weighted by molar-refractivity contribution is 7.89. The summed E-state index contributed by atoms with van der Waals surface area (Å²) in [4.78, 5) is 55.3. The maximum atomic E-state index is 12.6. The molecular formula is C26H35N3O11S. The van der Waals surface area contributed by atoms with Gasteiger partial charge in [-0.25, -0.2) is 27.6 Å². The van der Waals surface area contributed by atoms with Gasteiger partial charge in [-0.15, -0.1) is 0 Å². The van der Waals surface area contributed by atoms with E-state index in [0.717, 1.165) is 45.4 Å². The van der Waals surface area contributed by atoms with Gasteiger partial charge in [0.2, 0.25) is 10.0 Å². The number of aliphatic carboxylic acids is 4. The van der Waals surface area contributed by atoms with Crippen LogP contribution in [0.25, 0.3) is 0 Å². The van der Waals surface area contributed by atoms with Crippen molar-refractivity contribution in [2.45, 2.75) is 24.2 Å². The lowest BCUT2D eigenvalue weighted by Crippen LogP contribution is -2.46. The van der Waals surface area contributed by atoms with E-state index in [0.29, 0.717) is 49.5 Å². The quantitative estimate of drug-likeness (QED) is 0.229. The van der Waals surface area contributed by atoms with Gasteiger partial charge in [0, 0.05) is 69.1 Å². The second kappa shape index (κ2) is 17.7. The third kappa shape index (κ3) is 14.3. The van der Waals surface area contributed by atoms with Crippen molar-refractivity contribution >= 4 is 39.7 Å². The van der Waals surface area contributed by atoms with Gasteiger partial charge in [0.05, 0.1) is 11.4 Å². The molecule has 2 aliphatic rings. The average Bonchev–Trinajstić information content (AvgIpc) is 2.93. The Labute approximate surface area is 237 Å². The zero-order chi connectivity index (χ0) is 31.0. The zero-order valence-electron chi connectivity index (χ0n) is 22.6. The number of nitrogens with zero attached hydrogens (tertiary/aromatic N) is 3. The molecule has 0 amide bonds. The summed E-state index contributed by atoms with van der Waals surface area (Å²) in [6.07, 6.45) is 5.16. The van der Waals surface area contributed by atoms with Crippen LogP contribution in [-0.4, -0.2) is 125 Å². The van der Waals surface area contributed by atoms with Gasteiger partial charge in [0.1, 0.15) is 0 Å².